The van der Waals surface area contributed by atoms with E-state index in [2.05, 4.69) is 9.98 Å². The number of aliphatic hydroxyl groups is 2. The summed E-state index contributed by atoms with van der Waals surface area (Å²) in [4.78, 5) is 21.4. The molecule has 4 rings (SSSR count). The van der Waals surface area contributed by atoms with E-state index >= 15 is 0 Å². The Hall–Kier alpha value is -2.81. The molecule has 192 valence electrons. The fourth-order valence-electron chi connectivity index (χ4n) is 5.32. The molecule has 8 nitrogen and oxygen atoms in total. The minimum absolute atomic E-state index is 0.0190. The monoisotopic (exact) mass is 513 g/mol. The molecule has 5 N–H and O–H groups in total. The summed E-state index contributed by atoms with van der Waals surface area (Å²) in [5.41, 5.74) is -0.115. The Balaban J connectivity index is 1.52. The van der Waals surface area contributed by atoms with Gasteiger partial charge in [-0.25, -0.2) is 4.79 Å². The average molecular weight is 514 g/mol. The number of aryl methyl sites for hydroxylation is 1. The lowest BCUT2D eigenvalue weighted by molar-refractivity contribution is -0.464. The van der Waals surface area contributed by atoms with E-state index in [1.54, 1.807) is 37.7 Å². The Kier molecular flexibility index (Phi) is 7.78. The van der Waals surface area contributed by atoms with Gasteiger partial charge in [0.05, 0.1) is 11.2 Å². The predicted molar refractivity (Wildman–Crippen MR) is 139 cm³/mol. The minimum atomic E-state index is -1.04. The van der Waals surface area contributed by atoms with Crippen molar-refractivity contribution in [1.29, 1.82) is 5.41 Å². The Morgan fingerprint density at radius 2 is 2.11 bits per heavy atom. The quantitative estimate of drug-likeness (QED) is 0.248. The van der Waals surface area contributed by atoms with Gasteiger partial charge in [-0.1, -0.05) is 36.6 Å². The number of nitrogens with one attached hydrogen (secondary N) is 1. The molecule has 0 radical (unpaired) electrons. The number of amidine groups is 1. The van der Waals surface area contributed by atoms with Crippen LogP contribution in [0.4, 0.5) is 0 Å². The zero-order valence-corrected chi connectivity index (χ0v) is 21.5. The van der Waals surface area contributed by atoms with E-state index < -0.39 is 17.2 Å². The van der Waals surface area contributed by atoms with Crippen molar-refractivity contribution in [3.8, 4) is 0 Å². The van der Waals surface area contributed by atoms with Crippen molar-refractivity contribution in [2.45, 2.75) is 76.4 Å². The van der Waals surface area contributed by atoms with Crippen molar-refractivity contribution in [2.24, 2.45) is 15.9 Å². The van der Waals surface area contributed by atoms with E-state index in [1.165, 1.54) is 0 Å². The number of nitrogens with zero attached hydrogens (tertiary/aromatic N) is 2. The molecular formula is C27H34ClN4O4+. The molecular weight excluding hydrogens is 480 g/mol. The van der Waals surface area contributed by atoms with Gasteiger partial charge in [-0.2, -0.15) is 9.98 Å². The number of guanidine groups is 1. The SMILES string of the molecule is CC(C)(O)c1ccc(CCC2(C3CCCC3)CC(O)=C(CC(=N)N=C3N=CC=C[NH2+]3)C(=O)O2)cc1Cl. The summed E-state index contributed by atoms with van der Waals surface area (Å²) in [6.07, 6.45) is 10.4. The van der Waals surface area contributed by atoms with Crippen molar-refractivity contribution in [3.63, 3.8) is 0 Å². The number of quaternary nitrogens is 1. The first-order valence-corrected chi connectivity index (χ1v) is 12.8. The lowest BCUT2D eigenvalue weighted by atomic mass is 9.76. The fraction of sp³-hybridized carbons (Fsp3) is 0.481. The summed E-state index contributed by atoms with van der Waals surface area (Å²) in [6, 6.07) is 5.62. The lowest BCUT2D eigenvalue weighted by Gasteiger charge is -2.42. The van der Waals surface area contributed by atoms with Gasteiger partial charge in [0.15, 0.2) is 0 Å². The van der Waals surface area contributed by atoms with Crippen molar-refractivity contribution >= 4 is 35.6 Å². The molecule has 1 aromatic rings. The van der Waals surface area contributed by atoms with Crippen LogP contribution in [0.5, 0.6) is 0 Å². The molecule has 1 fully saturated rings. The number of hydrogen-bond donors (Lipinski definition) is 4. The van der Waals surface area contributed by atoms with Crippen LogP contribution < -0.4 is 5.32 Å². The number of allylic oxidation sites excluding steroid dienone is 1. The first-order valence-electron chi connectivity index (χ1n) is 12.4. The van der Waals surface area contributed by atoms with E-state index in [1.807, 2.05) is 18.2 Å². The van der Waals surface area contributed by atoms with Gasteiger partial charge in [-0.05, 0) is 57.1 Å². The van der Waals surface area contributed by atoms with Crippen molar-refractivity contribution in [3.05, 3.63) is 58.0 Å². The van der Waals surface area contributed by atoms with E-state index in [-0.39, 0.29) is 35.9 Å². The standard InChI is InChI=1S/C27H33ClN4O4/c1-26(2,35)20-9-8-17(14-21(20)28)10-11-27(18-6-3-4-7-18)16-22(33)19(24(34)36-27)15-23(29)32-25-30-12-5-13-31-25/h5,8-9,12-14,18,33,35H,3-4,6-7,10-11,15-16H2,1-2H3,(H2,29,30,31,32)/p+1. The number of carbonyl (C=O) groups excluding carboxylic acids is 1. The van der Waals surface area contributed by atoms with Gasteiger partial charge in [-0.3, -0.25) is 10.7 Å². The Morgan fingerprint density at radius 1 is 1.36 bits per heavy atom. The predicted octanol–water partition coefficient (Wildman–Crippen LogP) is 4.07. The molecule has 0 amide bonds. The first-order chi connectivity index (χ1) is 17.1. The van der Waals surface area contributed by atoms with Gasteiger partial charge in [0.2, 0.25) is 0 Å². The van der Waals surface area contributed by atoms with E-state index in [9.17, 15) is 15.0 Å². The number of rotatable bonds is 7. The summed E-state index contributed by atoms with van der Waals surface area (Å²) in [6.45, 7) is 3.39. The molecule has 9 heteroatoms. The third-order valence-corrected chi connectivity index (χ3v) is 7.54. The average Bonchev–Trinajstić information content (AvgIpc) is 3.36. The molecule has 2 aliphatic heterocycles. The van der Waals surface area contributed by atoms with Crippen LogP contribution in [-0.4, -0.2) is 39.8 Å². The first kappa shape index (κ1) is 26.3. The Bertz CT molecular complexity index is 1160. The molecule has 1 aliphatic carbocycles. The molecule has 1 saturated carbocycles. The smallest absolute Gasteiger partial charge is 0.338 e. The van der Waals surface area contributed by atoms with Gasteiger partial charge < -0.3 is 14.9 Å². The lowest BCUT2D eigenvalue weighted by Crippen LogP contribution is -2.82. The van der Waals surface area contributed by atoms with Crippen LogP contribution in [0.15, 0.2) is 51.8 Å². The third-order valence-electron chi connectivity index (χ3n) is 7.23. The van der Waals surface area contributed by atoms with E-state index in [0.717, 1.165) is 31.2 Å². The zero-order chi connectivity index (χ0) is 25.9. The molecule has 1 aromatic carbocycles. The topological polar surface area (TPSA) is 132 Å². The van der Waals surface area contributed by atoms with Crippen LogP contribution in [0.1, 0.15) is 69.9 Å². The zero-order valence-electron chi connectivity index (χ0n) is 20.8. The highest BCUT2D eigenvalue weighted by atomic mass is 35.5. The summed E-state index contributed by atoms with van der Waals surface area (Å²) in [5.74, 6) is -0.131. The molecule has 0 aromatic heterocycles. The van der Waals surface area contributed by atoms with Crippen LogP contribution in [0.25, 0.3) is 0 Å². The number of carbonyl (C=O) groups is 1. The minimum Gasteiger partial charge on any atom is -0.512 e. The third kappa shape index (κ3) is 5.94. The number of nitrogens with two attached hydrogens (primary N) is 1. The highest BCUT2D eigenvalue weighted by Gasteiger charge is 2.48. The molecule has 36 heavy (non-hydrogen) atoms. The van der Waals surface area contributed by atoms with Crippen LogP contribution in [0.2, 0.25) is 5.02 Å². The van der Waals surface area contributed by atoms with Gasteiger partial charge in [0.25, 0.3) is 0 Å². The van der Waals surface area contributed by atoms with E-state index in [4.69, 9.17) is 21.7 Å². The number of ether oxygens (including phenoxy) is 1. The second kappa shape index (κ2) is 10.7. The number of benzene rings is 1. The van der Waals surface area contributed by atoms with Crippen molar-refractivity contribution in [1.82, 2.24) is 0 Å². The maximum Gasteiger partial charge on any atom is 0.338 e. The van der Waals surface area contributed by atoms with Crippen molar-refractivity contribution in [2.75, 3.05) is 0 Å². The summed E-state index contributed by atoms with van der Waals surface area (Å²) in [5, 5.41) is 31.7. The van der Waals surface area contributed by atoms with Crippen LogP contribution in [0.3, 0.4) is 0 Å². The highest BCUT2D eigenvalue weighted by Crippen LogP contribution is 2.46. The summed E-state index contributed by atoms with van der Waals surface area (Å²) in [7, 11) is 0. The fourth-order valence-corrected chi connectivity index (χ4v) is 5.75. The molecule has 0 saturated heterocycles. The maximum absolute atomic E-state index is 13.1. The molecule has 2 heterocycles. The van der Waals surface area contributed by atoms with Gasteiger partial charge >= 0.3 is 11.9 Å². The van der Waals surface area contributed by atoms with Gasteiger partial charge in [0.1, 0.15) is 23.4 Å². The number of hydrogen-bond acceptors (Lipinski definition) is 5. The molecule has 3 aliphatic rings. The number of halogens is 1. The second-order valence-electron chi connectivity index (χ2n) is 10.3. The molecule has 1 atom stereocenters. The van der Waals surface area contributed by atoms with Crippen LogP contribution in [-0.2, 0) is 21.6 Å². The van der Waals surface area contributed by atoms with Crippen LogP contribution in [0, 0.1) is 11.3 Å². The van der Waals surface area contributed by atoms with Gasteiger partial charge in [-0.15, -0.1) is 0 Å². The van der Waals surface area contributed by atoms with Gasteiger partial charge in [0, 0.05) is 35.7 Å². The number of esters is 1. The summed E-state index contributed by atoms with van der Waals surface area (Å²) >= 11 is 6.44. The number of aliphatic hydroxyl groups excluding tert-OH is 1. The molecule has 0 spiro atoms. The van der Waals surface area contributed by atoms with Crippen LogP contribution >= 0.6 is 11.6 Å². The number of aliphatic imine (C=N–C) groups is 2. The Morgan fingerprint density at radius 3 is 2.72 bits per heavy atom. The number of cyclic esters (lactones) is 1. The normalized spacial score (nSPS) is 24.0. The largest absolute Gasteiger partial charge is 0.512 e. The highest BCUT2D eigenvalue weighted by molar-refractivity contribution is 6.31. The maximum atomic E-state index is 13.1. The van der Waals surface area contributed by atoms with Crippen molar-refractivity contribution < 1.29 is 25.1 Å². The molecule has 1 unspecified atom stereocenters. The summed E-state index contributed by atoms with van der Waals surface area (Å²) < 4.78 is 6.14. The van der Waals surface area contributed by atoms with E-state index in [0.29, 0.717) is 29.4 Å². The second-order valence-corrected chi connectivity index (χ2v) is 10.7. The molecule has 0 bridgehead atoms. The Labute approximate surface area is 216 Å².